The third-order valence-corrected chi connectivity index (χ3v) is 5.08. The largest absolute Gasteiger partial charge is 0.444 e. The van der Waals surface area contributed by atoms with Gasteiger partial charge >= 0.3 is 0 Å². The molecule has 1 aromatic heterocycles. The number of hydrogen-bond acceptors (Lipinski definition) is 3. The Morgan fingerprint density at radius 2 is 2.17 bits per heavy atom. The predicted molar refractivity (Wildman–Crippen MR) is 71.2 cm³/mol. The highest BCUT2D eigenvalue weighted by atomic mass is 16.4. The highest BCUT2D eigenvalue weighted by Crippen LogP contribution is 2.49. The summed E-state index contributed by atoms with van der Waals surface area (Å²) >= 11 is 0. The lowest BCUT2D eigenvalue weighted by Gasteiger charge is -2.28. The first-order valence-electron chi connectivity index (χ1n) is 7.29. The van der Waals surface area contributed by atoms with Gasteiger partial charge in [0, 0.05) is 6.04 Å². The number of oxazole rings is 1. The van der Waals surface area contributed by atoms with Crippen LogP contribution in [-0.4, -0.2) is 11.0 Å². The average Bonchev–Trinajstić information content (AvgIpc) is 3.03. The minimum absolute atomic E-state index is 0.591. The monoisotopic (exact) mass is 248 g/mol. The third kappa shape index (κ3) is 2.20. The molecule has 1 aromatic rings. The summed E-state index contributed by atoms with van der Waals surface area (Å²) < 4.78 is 5.62. The van der Waals surface area contributed by atoms with E-state index < -0.39 is 0 Å². The highest BCUT2D eigenvalue weighted by Gasteiger charge is 2.41. The summed E-state index contributed by atoms with van der Waals surface area (Å²) in [6.45, 7) is 7.07. The standard InChI is InChI=1S/C15H24N2O/c1-9-11(3)18-15(17-9)8-16-10(2)14-7-12-4-5-13(14)6-12/h10,12-14,16H,4-8H2,1-3H3. The number of nitrogens with zero attached hydrogens (tertiary/aromatic N) is 1. The SMILES string of the molecule is Cc1nc(CNC(C)C2CC3CCC2C3)oc1C. The summed E-state index contributed by atoms with van der Waals surface area (Å²) in [5, 5.41) is 3.61. The molecule has 2 bridgehead atoms. The van der Waals surface area contributed by atoms with Gasteiger partial charge in [0.1, 0.15) is 5.76 Å². The molecular formula is C15H24N2O. The zero-order chi connectivity index (χ0) is 12.7. The molecule has 0 radical (unpaired) electrons. The molecule has 3 heteroatoms. The van der Waals surface area contributed by atoms with Gasteiger partial charge in [-0.3, -0.25) is 0 Å². The molecule has 1 N–H and O–H groups in total. The molecule has 2 saturated carbocycles. The van der Waals surface area contributed by atoms with Gasteiger partial charge in [-0.1, -0.05) is 6.42 Å². The second kappa shape index (κ2) is 4.69. The summed E-state index contributed by atoms with van der Waals surface area (Å²) in [5.41, 5.74) is 1.01. The molecule has 3 rings (SSSR count). The average molecular weight is 248 g/mol. The molecule has 0 aromatic carbocycles. The van der Waals surface area contributed by atoms with Crippen LogP contribution >= 0.6 is 0 Å². The molecule has 0 saturated heterocycles. The van der Waals surface area contributed by atoms with Crippen LogP contribution in [-0.2, 0) is 6.54 Å². The van der Waals surface area contributed by atoms with Crippen molar-refractivity contribution in [3.63, 3.8) is 0 Å². The summed E-state index contributed by atoms with van der Waals surface area (Å²) in [5.74, 6) is 4.65. The number of fused-ring (bicyclic) bond motifs is 2. The highest BCUT2D eigenvalue weighted by molar-refractivity contribution is 5.05. The van der Waals surface area contributed by atoms with E-state index in [-0.39, 0.29) is 0 Å². The van der Waals surface area contributed by atoms with Crippen molar-refractivity contribution >= 4 is 0 Å². The Kier molecular flexibility index (Phi) is 3.18. The van der Waals surface area contributed by atoms with Crippen molar-refractivity contribution in [1.82, 2.24) is 10.3 Å². The Hall–Kier alpha value is -0.830. The Bertz CT molecular complexity index is 407. The van der Waals surface area contributed by atoms with Crippen molar-refractivity contribution in [3.05, 3.63) is 17.3 Å². The number of aromatic nitrogens is 1. The molecule has 0 amide bonds. The third-order valence-electron chi connectivity index (χ3n) is 5.08. The van der Waals surface area contributed by atoms with Gasteiger partial charge in [-0.05, 0) is 57.8 Å². The fourth-order valence-corrected chi connectivity index (χ4v) is 3.92. The maximum atomic E-state index is 5.62. The van der Waals surface area contributed by atoms with Crippen LogP contribution in [0.4, 0.5) is 0 Å². The summed E-state index contributed by atoms with van der Waals surface area (Å²) in [7, 11) is 0. The number of aryl methyl sites for hydroxylation is 2. The van der Waals surface area contributed by atoms with Crippen LogP contribution in [0.5, 0.6) is 0 Å². The molecule has 4 unspecified atom stereocenters. The van der Waals surface area contributed by atoms with E-state index in [1.54, 1.807) is 0 Å². The van der Waals surface area contributed by atoms with E-state index in [9.17, 15) is 0 Å². The van der Waals surface area contributed by atoms with E-state index in [1.807, 2.05) is 13.8 Å². The van der Waals surface area contributed by atoms with Crippen LogP contribution < -0.4 is 5.32 Å². The lowest BCUT2D eigenvalue weighted by Crippen LogP contribution is -2.35. The fourth-order valence-electron chi connectivity index (χ4n) is 3.92. The van der Waals surface area contributed by atoms with Gasteiger partial charge in [-0.2, -0.15) is 0 Å². The smallest absolute Gasteiger partial charge is 0.208 e. The Morgan fingerprint density at radius 1 is 1.33 bits per heavy atom. The zero-order valence-electron chi connectivity index (χ0n) is 11.7. The first-order chi connectivity index (χ1) is 8.63. The molecule has 3 nitrogen and oxygen atoms in total. The van der Waals surface area contributed by atoms with Gasteiger partial charge in [0.2, 0.25) is 5.89 Å². The molecular weight excluding hydrogens is 224 g/mol. The second-order valence-electron chi connectivity index (χ2n) is 6.26. The normalized spacial score (nSPS) is 32.1. The number of hydrogen-bond donors (Lipinski definition) is 1. The van der Waals surface area contributed by atoms with E-state index in [1.165, 1.54) is 25.7 Å². The minimum Gasteiger partial charge on any atom is -0.444 e. The van der Waals surface area contributed by atoms with Gasteiger partial charge in [0.05, 0.1) is 12.2 Å². The molecule has 0 spiro atoms. The fraction of sp³-hybridized carbons (Fsp3) is 0.800. The first kappa shape index (κ1) is 12.2. The summed E-state index contributed by atoms with van der Waals surface area (Å²) in [6, 6.07) is 0.591. The maximum Gasteiger partial charge on any atom is 0.208 e. The molecule has 0 aliphatic heterocycles. The van der Waals surface area contributed by atoms with Crippen LogP contribution in [0, 0.1) is 31.6 Å². The minimum atomic E-state index is 0.591. The van der Waals surface area contributed by atoms with Gasteiger partial charge in [-0.25, -0.2) is 4.98 Å². The lowest BCUT2D eigenvalue weighted by atomic mass is 9.84. The second-order valence-corrected chi connectivity index (χ2v) is 6.26. The van der Waals surface area contributed by atoms with Crippen molar-refractivity contribution in [1.29, 1.82) is 0 Å². The molecule has 4 atom stereocenters. The van der Waals surface area contributed by atoms with Crippen LogP contribution in [0.15, 0.2) is 4.42 Å². The van der Waals surface area contributed by atoms with Gasteiger partial charge in [-0.15, -0.1) is 0 Å². The van der Waals surface area contributed by atoms with Gasteiger partial charge in [0.25, 0.3) is 0 Å². The van der Waals surface area contributed by atoms with Crippen molar-refractivity contribution < 1.29 is 4.42 Å². The first-order valence-corrected chi connectivity index (χ1v) is 7.29. The molecule has 100 valence electrons. The molecule has 2 aliphatic carbocycles. The van der Waals surface area contributed by atoms with Crippen LogP contribution in [0.1, 0.15) is 50.0 Å². The molecule has 2 aliphatic rings. The van der Waals surface area contributed by atoms with E-state index >= 15 is 0 Å². The maximum absolute atomic E-state index is 5.62. The molecule has 2 fully saturated rings. The van der Waals surface area contributed by atoms with E-state index in [0.717, 1.165) is 41.6 Å². The van der Waals surface area contributed by atoms with Crippen molar-refractivity contribution in [2.75, 3.05) is 0 Å². The van der Waals surface area contributed by atoms with E-state index in [4.69, 9.17) is 4.42 Å². The quantitative estimate of drug-likeness (QED) is 0.889. The predicted octanol–water partition coefficient (Wildman–Crippen LogP) is 3.21. The summed E-state index contributed by atoms with van der Waals surface area (Å²) in [4.78, 5) is 4.43. The Morgan fingerprint density at radius 3 is 2.72 bits per heavy atom. The number of rotatable bonds is 4. The van der Waals surface area contributed by atoms with Crippen molar-refractivity contribution in [2.24, 2.45) is 17.8 Å². The van der Waals surface area contributed by atoms with Crippen LogP contribution in [0.25, 0.3) is 0 Å². The van der Waals surface area contributed by atoms with E-state index in [2.05, 4.69) is 17.2 Å². The van der Waals surface area contributed by atoms with E-state index in [0.29, 0.717) is 6.04 Å². The topological polar surface area (TPSA) is 38.1 Å². The molecule has 18 heavy (non-hydrogen) atoms. The van der Waals surface area contributed by atoms with Crippen LogP contribution in [0.2, 0.25) is 0 Å². The van der Waals surface area contributed by atoms with Gasteiger partial charge < -0.3 is 9.73 Å². The zero-order valence-corrected chi connectivity index (χ0v) is 11.7. The van der Waals surface area contributed by atoms with Crippen LogP contribution in [0.3, 0.4) is 0 Å². The Balaban J connectivity index is 1.54. The van der Waals surface area contributed by atoms with Gasteiger partial charge in [0.15, 0.2) is 0 Å². The Labute approximate surface area is 109 Å². The molecule has 1 heterocycles. The van der Waals surface area contributed by atoms with Crippen molar-refractivity contribution in [3.8, 4) is 0 Å². The lowest BCUT2D eigenvalue weighted by molar-refractivity contribution is 0.254. The summed E-state index contributed by atoms with van der Waals surface area (Å²) in [6.07, 6.45) is 5.85. The number of nitrogens with one attached hydrogen (secondary N) is 1. The van der Waals surface area contributed by atoms with Crippen molar-refractivity contribution in [2.45, 2.75) is 59.0 Å².